The van der Waals surface area contributed by atoms with Gasteiger partial charge >= 0.3 is 0 Å². The van der Waals surface area contributed by atoms with Crippen molar-refractivity contribution in [2.45, 2.75) is 20.3 Å². The minimum Gasteiger partial charge on any atom is -0.401 e. The van der Waals surface area contributed by atoms with Crippen molar-refractivity contribution in [1.82, 2.24) is 0 Å². The van der Waals surface area contributed by atoms with E-state index >= 15 is 0 Å². The molecule has 0 heterocycles. The Morgan fingerprint density at radius 3 is 2.59 bits per heavy atom. The fourth-order valence-electron chi connectivity index (χ4n) is 1.66. The average molecular weight is 232 g/mol. The first kappa shape index (κ1) is 13.0. The zero-order valence-corrected chi connectivity index (χ0v) is 9.99. The number of hydrogen-bond acceptors (Lipinski definition) is 3. The van der Waals surface area contributed by atoms with Gasteiger partial charge in [0, 0.05) is 22.5 Å². The van der Waals surface area contributed by atoms with Crippen LogP contribution in [0.2, 0.25) is 0 Å². The molecule has 90 valence electrons. The number of Topliss-reactive ketones (excluding diaryl/α,β-unsaturated/α-hetero) is 1. The van der Waals surface area contributed by atoms with E-state index in [1.165, 1.54) is 6.92 Å². The summed E-state index contributed by atoms with van der Waals surface area (Å²) < 4.78 is 0. The van der Waals surface area contributed by atoms with Crippen LogP contribution in [0, 0.1) is 0 Å². The molecule has 0 saturated heterocycles. The fourth-order valence-corrected chi connectivity index (χ4v) is 1.66. The van der Waals surface area contributed by atoms with E-state index in [-0.39, 0.29) is 5.78 Å². The van der Waals surface area contributed by atoms with Crippen molar-refractivity contribution in [3.05, 3.63) is 35.5 Å². The van der Waals surface area contributed by atoms with Crippen LogP contribution in [-0.2, 0) is 9.59 Å². The highest BCUT2D eigenvalue weighted by atomic mass is 16.1. The van der Waals surface area contributed by atoms with E-state index in [4.69, 9.17) is 5.73 Å². The van der Waals surface area contributed by atoms with Gasteiger partial charge in [0.15, 0.2) is 5.78 Å². The van der Waals surface area contributed by atoms with Gasteiger partial charge in [0.25, 0.3) is 0 Å². The third-order valence-corrected chi connectivity index (χ3v) is 2.46. The van der Waals surface area contributed by atoms with Crippen molar-refractivity contribution in [2.75, 3.05) is 5.32 Å². The summed E-state index contributed by atoms with van der Waals surface area (Å²) in [6.45, 7) is 3.35. The molecule has 0 spiro atoms. The predicted molar refractivity (Wildman–Crippen MR) is 68.2 cm³/mol. The van der Waals surface area contributed by atoms with Crippen molar-refractivity contribution in [2.24, 2.45) is 5.73 Å². The van der Waals surface area contributed by atoms with Crippen LogP contribution >= 0.6 is 0 Å². The Hall–Kier alpha value is -2.10. The molecule has 0 aliphatic rings. The van der Waals surface area contributed by atoms with Crippen LogP contribution in [0.4, 0.5) is 5.69 Å². The molecule has 4 nitrogen and oxygen atoms in total. The van der Waals surface area contributed by atoms with Crippen LogP contribution in [0.5, 0.6) is 0 Å². The number of anilines is 1. The Morgan fingerprint density at radius 2 is 2.06 bits per heavy atom. The molecule has 0 aliphatic carbocycles. The first-order valence-electron chi connectivity index (χ1n) is 5.41. The standard InChI is InChI=1S/C13H16N2O2/c1-3-11(14)13(9(2)17)10-6-4-5-7-12(10)15-8-16/h4-8H,3,14H2,1-2H3,(H,15,16)/b13-11+. The summed E-state index contributed by atoms with van der Waals surface area (Å²) >= 11 is 0. The smallest absolute Gasteiger partial charge is 0.211 e. The molecular weight excluding hydrogens is 216 g/mol. The molecule has 0 fully saturated rings. The Morgan fingerprint density at radius 1 is 1.41 bits per heavy atom. The second-order valence-corrected chi connectivity index (χ2v) is 3.62. The second-order valence-electron chi connectivity index (χ2n) is 3.62. The third kappa shape index (κ3) is 2.93. The second kappa shape index (κ2) is 5.84. The van der Waals surface area contributed by atoms with E-state index in [9.17, 15) is 9.59 Å². The predicted octanol–water partition coefficient (Wildman–Crippen LogP) is 1.92. The number of allylic oxidation sites excluding steroid dienone is 2. The summed E-state index contributed by atoms with van der Waals surface area (Å²) in [6, 6.07) is 7.09. The van der Waals surface area contributed by atoms with Gasteiger partial charge in [-0.25, -0.2) is 0 Å². The third-order valence-electron chi connectivity index (χ3n) is 2.46. The normalized spacial score (nSPS) is 11.6. The molecule has 0 aromatic heterocycles. The number of ketones is 1. The number of para-hydroxylation sites is 1. The Labute approximate surface area is 101 Å². The summed E-state index contributed by atoms with van der Waals surface area (Å²) in [5.41, 5.74) is 8.10. The van der Waals surface area contributed by atoms with Gasteiger partial charge in [0.2, 0.25) is 6.41 Å². The zero-order valence-electron chi connectivity index (χ0n) is 9.99. The molecule has 0 radical (unpaired) electrons. The lowest BCUT2D eigenvalue weighted by atomic mass is 9.97. The lowest BCUT2D eigenvalue weighted by molar-refractivity contribution is -0.112. The number of nitrogens with one attached hydrogen (secondary N) is 1. The molecule has 1 aromatic carbocycles. The summed E-state index contributed by atoms with van der Waals surface area (Å²) in [7, 11) is 0. The molecule has 0 saturated carbocycles. The highest BCUT2D eigenvalue weighted by molar-refractivity contribution is 6.22. The van der Waals surface area contributed by atoms with Crippen molar-refractivity contribution in [3.63, 3.8) is 0 Å². The molecule has 0 atom stereocenters. The maximum atomic E-state index is 11.6. The summed E-state index contributed by atoms with van der Waals surface area (Å²) in [4.78, 5) is 22.2. The molecule has 4 heteroatoms. The Balaban J connectivity index is 3.38. The lowest BCUT2D eigenvalue weighted by Crippen LogP contribution is -2.09. The van der Waals surface area contributed by atoms with E-state index < -0.39 is 0 Å². The zero-order chi connectivity index (χ0) is 12.8. The lowest BCUT2D eigenvalue weighted by Gasteiger charge is -2.12. The van der Waals surface area contributed by atoms with E-state index in [2.05, 4.69) is 5.32 Å². The Bertz CT molecular complexity index is 464. The number of nitrogens with two attached hydrogens (primary N) is 1. The number of benzene rings is 1. The van der Waals surface area contributed by atoms with Gasteiger partial charge < -0.3 is 11.1 Å². The maximum absolute atomic E-state index is 11.6. The van der Waals surface area contributed by atoms with Crippen molar-refractivity contribution in [1.29, 1.82) is 0 Å². The quantitative estimate of drug-likeness (QED) is 0.601. The number of carbonyl (C=O) groups is 2. The highest BCUT2D eigenvalue weighted by Crippen LogP contribution is 2.26. The van der Waals surface area contributed by atoms with Gasteiger partial charge in [-0.05, 0) is 19.4 Å². The molecule has 1 amide bonds. The summed E-state index contributed by atoms with van der Waals surface area (Å²) in [6.07, 6.45) is 1.17. The Kier molecular flexibility index (Phi) is 4.46. The number of rotatable bonds is 5. The van der Waals surface area contributed by atoms with Crippen molar-refractivity contribution in [3.8, 4) is 0 Å². The van der Waals surface area contributed by atoms with Gasteiger partial charge in [-0.15, -0.1) is 0 Å². The first-order valence-corrected chi connectivity index (χ1v) is 5.41. The SMILES string of the molecule is CC/C(N)=C(/C(C)=O)c1ccccc1NC=O. The van der Waals surface area contributed by atoms with Crippen molar-refractivity contribution < 1.29 is 9.59 Å². The van der Waals surface area contributed by atoms with Crippen LogP contribution < -0.4 is 11.1 Å². The molecule has 17 heavy (non-hydrogen) atoms. The topological polar surface area (TPSA) is 72.2 Å². The number of amides is 1. The van der Waals surface area contributed by atoms with Gasteiger partial charge in [0.05, 0.1) is 0 Å². The molecule has 0 bridgehead atoms. The molecule has 1 rings (SSSR count). The van der Waals surface area contributed by atoms with E-state index in [1.54, 1.807) is 24.3 Å². The van der Waals surface area contributed by atoms with Crippen LogP contribution in [0.15, 0.2) is 30.0 Å². The molecule has 3 N–H and O–H groups in total. The number of carbonyl (C=O) groups excluding carboxylic acids is 2. The van der Waals surface area contributed by atoms with E-state index in [0.29, 0.717) is 35.4 Å². The molecular formula is C13H16N2O2. The molecule has 0 unspecified atom stereocenters. The van der Waals surface area contributed by atoms with Crippen LogP contribution in [0.25, 0.3) is 5.57 Å². The fraction of sp³-hybridized carbons (Fsp3) is 0.231. The van der Waals surface area contributed by atoms with Gasteiger partial charge in [-0.2, -0.15) is 0 Å². The average Bonchev–Trinajstić information content (AvgIpc) is 2.31. The number of hydrogen-bond donors (Lipinski definition) is 2. The minimum atomic E-state index is -0.107. The van der Waals surface area contributed by atoms with E-state index in [0.717, 1.165) is 0 Å². The molecule has 0 aliphatic heterocycles. The van der Waals surface area contributed by atoms with Gasteiger partial charge in [-0.3, -0.25) is 9.59 Å². The first-order chi connectivity index (χ1) is 8.11. The van der Waals surface area contributed by atoms with Crippen LogP contribution in [0.1, 0.15) is 25.8 Å². The largest absolute Gasteiger partial charge is 0.401 e. The summed E-state index contributed by atoms with van der Waals surface area (Å²) in [5.74, 6) is -0.107. The van der Waals surface area contributed by atoms with Crippen LogP contribution in [0.3, 0.4) is 0 Å². The van der Waals surface area contributed by atoms with E-state index in [1.807, 2.05) is 6.92 Å². The van der Waals surface area contributed by atoms with Crippen LogP contribution in [-0.4, -0.2) is 12.2 Å². The molecule has 1 aromatic rings. The highest BCUT2D eigenvalue weighted by Gasteiger charge is 2.14. The van der Waals surface area contributed by atoms with Gasteiger partial charge in [-0.1, -0.05) is 25.1 Å². The monoisotopic (exact) mass is 232 g/mol. The summed E-state index contributed by atoms with van der Waals surface area (Å²) in [5, 5.41) is 2.57. The van der Waals surface area contributed by atoms with Gasteiger partial charge in [0.1, 0.15) is 0 Å². The van der Waals surface area contributed by atoms with Crippen molar-refractivity contribution >= 4 is 23.5 Å². The maximum Gasteiger partial charge on any atom is 0.211 e. The minimum absolute atomic E-state index is 0.107.